The third-order valence-corrected chi connectivity index (χ3v) is 4.56. The molecule has 2 N–H and O–H groups in total. The monoisotopic (exact) mass is 332 g/mol. The Labute approximate surface area is 141 Å². The number of nitrogens with zero attached hydrogens (tertiary/aromatic N) is 2. The maximum Gasteiger partial charge on any atom is 0.251 e. The average Bonchev–Trinajstić information content (AvgIpc) is 3.07. The van der Waals surface area contributed by atoms with Crippen LogP contribution < -0.4 is 5.32 Å². The molecule has 6 heteroatoms. The zero-order valence-electron chi connectivity index (χ0n) is 13.7. The molecule has 0 aliphatic heterocycles. The van der Waals surface area contributed by atoms with Crippen molar-refractivity contribution in [1.29, 1.82) is 0 Å². The summed E-state index contributed by atoms with van der Waals surface area (Å²) in [6, 6.07) is 7.92. The van der Waals surface area contributed by atoms with Crippen LogP contribution in [0.5, 0.6) is 0 Å². The number of carbonyl (C=O) groups is 1. The number of hydrogen-bond donors (Lipinski definition) is 2. The van der Waals surface area contributed by atoms with Crippen LogP contribution in [0.15, 0.2) is 35.7 Å². The molecular formula is C17H24N4OS. The lowest BCUT2D eigenvalue weighted by Crippen LogP contribution is -2.33. The van der Waals surface area contributed by atoms with E-state index in [4.69, 9.17) is 0 Å². The second-order valence-electron chi connectivity index (χ2n) is 5.61. The highest BCUT2D eigenvalue weighted by Crippen LogP contribution is 2.21. The second-order valence-corrected chi connectivity index (χ2v) is 6.57. The minimum Gasteiger partial charge on any atom is -0.350 e. The van der Waals surface area contributed by atoms with Crippen molar-refractivity contribution in [2.45, 2.75) is 56.5 Å². The molecule has 0 unspecified atom stereocenters. The zero-order valence-corrected chi connectivity index (χ0v) is 14.5. The van der Waals surface area contributed by atoms with Gasteiger partial charge in [-0.05, 0) is 25.0 Å². The first-order valence-corrected chi connectivity index (χ1v) is 9.06. The van der Waals surface area contributed by atoms with Gasteiger partial charge < -0.3 is 5.32 Å². The molecule has 0 radical (unpaired) electrons. The van der Waals surface area contributed by atoms with Gasteiger partial charge in [0.1, 0.15) is 6.33 Å². The number of carbonyl (C=O) groups excluding carboxylic acids is 1. The van der Waals surface area contributed by atoms with Gasteiger partial charge >= 0.3 is 0 Å². The van der Waals surface area contributed by atoms with E-state index in [1.165, 1.54) is 30.9 Å². The fourth-order valence-corrected chi connectivity index (χ4v) is 3.13. The van der Waals surface area contributed by atoms with Crippen molar-refractivity contribution < 1.29 is 4.79 Å². The van der Waals surface area contributed by atoms with E-state index in [2.05, 4.69) is 34.3 Å². The number of aromatic amines is 1. The predicted molar refractivity (Wildman–Crippen MR) is 93.5 cm³/mol. The number of amides is 1. The van der Waals surface area contributed by atoms with Crippen LogP contribution >= 0.6 is 11.8 Å². The molecule has 1 aromatic carbocycles. The Morgan fingerprint density at radius 1 is 1.35 bits per heavy atom. The summed E-state index contributed by atoms with van der Waals surface area (Å²) in [5, 5.41) is 10.5. The largest absolute Gasteiger partial charge is 0.350 e. The Bertz CT molecular complexity index is 600. The van der Waals surface area contributed by atoms with E-state index < -0.39 is 0 Å². The summed E-state index contributed by atoms with van der Waals surface area (Å²) in [6.07, 6.45) is 6.07. The van der Waals surface area contributed by atoms with Gasteiger partial charge in [0.2, 0.25) is 0 Å². The number of thioether (sulfide) groups is 1. The van der Waals surface area contributed by atoms with Crippen molar-refractivity contribution in [1.82, 2.24) is 20.5 Å². The summed E-state index contributed by atoms with van der Waals surface area (Å²) in [5.74, 6) is 0.686. The van der Waals surface area contributed by atoms with E-state index >= 15 is 0 Å². The highest BCUT2D eigenvalue weighted by atomic mass is 32.2. The maximum absolute atomic E-state index is 12.5. The molecule has 5 nitrogen and oxygen atoms in total. The fourth-order valence-electron chi connectivity index (χ4n) is 2.35. The van der Waals surface area contributed by atoms with E-state index in [0.29, 0.717) is 5.75 Å². The van der Waals surface area contributed by atoms with Gasteiger partial charge in [-0.3, -0.25) is 9.89 Å². The number of nitrogens with one attached hydrogen (secondary N) is 2. The summed E-state index contributed by atoms with van der Waals surface area (Å²) >= 11 is 1.54. The van der Waals surface area contributed by atoms with Crippen LogP contribution in [0.3, 0.4) is 0 Å². The number of aromatic nitrogens is 3. The molecule has 1 aromatic heterocycles. The molecule has 0 spiro atoms. The molecule has 0 saturated heterocycles. The van der Waals surface area contributed by atoms with E-state index in [1.807, 2.05) is 24.3 Å². The van der Waals surface area contributed by atoms with Crippen molar-refractivity contribution >= 4 is 17.7 Å². The third kappa shape index (κ3) is 5.71. The minimum absolute atomic E-state index is 0.00256. The summed E-state index contributed by atoms with van der Waals surface area (Å²) in [7, 11) is 0. The highest BCUT2D eigenvalue weighted by molar-refractivity contribution is 7.98. The number of benzene rings is 1. The van der Waals surface area contributed by atoms with Gasteiger partial charge in [0.15, 0.2) is 5.16 Å². The van der Waals surface area contributed by atoms with Crippen LogP contribution in [0.2, 0.25) is 0 Å². The maximum atomic E-state index is 12.5. The summed E-state index contributed by atoms with van der Waals surface area (Å²) in [5.41, 5.74) is 1.74. The smallest absolute Gasteiger partial charge is 0.251 e. The Hall–Kier alpha value is -1.82. The summed E-state index contributed by atoms with van der Waals surface area (Å²) in [4.78, 5) is 16.6. The second kappa shape index (κ2) is 9.35. The molecule has 23 heavy (non-hydrogen) atoms. The fraction of sp³-hybridized carbons (Fsp3) is 0.471. The first kappa shape index (κ1) is 17.5. The van der Waals surface area contributed by atoms with Crippen LogP contribution in [0.4, 0.5) is 0 Å². The Morgan fingerprint density at radius 2 is 2.17 bits per heavy atom. The van der Waals surface area contributed by atoms with Crippen LogP contribution in [0.25, 0.3) is 0 Å². The van der Waals surface area contributed by atoms with Crippen molar-refractivity contribution in [2.75, 3.05) is 0 Å². The highest BCUT2D eigenvalue weighted by Gasteiger charge is 2.13. The van der Waals surface area contributed by atoms with Crippen molar-refractivity contribution in [3.05, 3.63) is 41.7 Å². The molecule has 2 rings (SSSR count). The van der Waals surface area contributed by atoms with Gasteiger partial charge in [-0.15, -0.1) is 0 Å². The van der Waals surface area contributed by atoms with Crippen molar-refractivity contribution in [3.63, 3.8) is 0 Å². The molecule has 0 fully saturated rings. The van der Waals surface area contributed by atoms with Gasteiger partial charge in [-0.2, -0.15) is 5.10 Å². The lowest BCUT2D eigenvalue weighted by atomic mass is 10.1. The third-order valence-electron chi connectivity index (χ3n) is 3.64. The first-order valence-electron chi connectivity index (χ1n) is 8.07. The minimum atomic E-state index is 0.00256. The first-order chi connectivity index (χ1) is 11.2. The van der Waals surface area contributed by atoms with E-state index in [1.54, 1.807) is 0 Å². The van der Waals surface area contributed by atoms with Crippen LogP contribution in [0.1, 0.15) is 55.5 Å². The molecular weight excluding hydrogens is 308 g/mol. The molecule has 0 saturated carbocycles. The molecule has 1 heterocycles. The molecule has 1 amide bonds. The average molecular weight is 332 g/mol. The number of H-pyrrole nitrogens is 1. The number of unbranched alkanes of at least 4 members (excludes halogenated alkanes) is 2. The van der Waals surface area contributed by atoms with Gasteiger partial charge in [-0.25, -0.2) is 4.98 Å². The lowest BCUT2D eigenvalue weighted by Gasteiger charge is -2.15. The molecule has 2 aromatic rings. The van der Waals surface area contributed by atoms with Gasteiger partial charge in [0.25, 0.3) is 5.91 Å². The summed E-state index contributed by atoms with van der Waals surface area (Å²) in [6.45, 7) is 4.26. The Kier molecular flexibility index (Phi) is 7.13. The van der Waals surface area contributed by atoms with Crippen LogP contribution in [0, 0.1) is 0 Å². The van der Waals surface area contributed by atoms with Crippen LogP contribution in [-0.2, 0) is 5.75 Å². The molecule has 124 valence electrons. The standard InChI is InChI=1S/C17H24N4OS/c1-3-4-5-8-13(2)20-16(22)15-10-7-6-9-14(15)11-23-17-18-12-19-21-17/h6-7,9-10,12-13H,3-5,8,11H2,1-2H3,(H,20,22)(H,18,19,21)/t13-/m1/s1. The van der Waals surface area contributed by atoms with Gasteiger partial charge in [-0.1, -0.05) is 56.1 Å². The number of rotatable bonds is 9. The molecule has 0 bridgehead atoms. The zero-order chi connectivity index (χ0) is 16.5. The molecule has 0 aliphatic carbocycles. The number of hydrogen-bond acceptors (Lipinski definition) is 4. The Morgan fingerprint density at radius 3 is 2.91 bits per heavy atom. The van der Waals surface area contributed by atoms with Crippen LogP contribution in [-0.4, -0.2) is 27.1 Å². The van der Waals surface area contributed by atoms with E-state index in [9.17, 15) is 4.79 Å². The van der Waals surface area contributed by atoms with E-state index in [-0.39, 0.29) is 11.9 Å². The van der Waals surface area contributed by atoms with E-state index in [0.717, 1.165) is 29.1 Å². The topological polar surface area (TPSA) is 70.7 Å². The lowest BCUT2D eigenvalue weighted by molar-refractivity contribution is 0.0937. The normalized spacial score (nSPS) is 12.1. The van der Waals surface area contributed by atoms with Gasteiger partial charge in [0.05, 0.1) is 0 Å². The SMILES string of the molecule is CCCCC[C@@H](C)NC(=O)c1ccccc1CSc1ncn[nH]1. The predicted octanol–water partition coefficient (Wildman–Crippen LogP) is 3.80. The van der Waals surface area contributed by atoms with Crippen molar-refractivity contribution in [3.8, 4) is 0 Å². The van der Waals surface area contributed by atoms with Gasteiger partial charge in [0, 0.05) is 17.4 Å². The molecule has 1 atom stereocenters. The summed E-state index contributed by atoms with van der Waals surface area (Å²) < 4.78 is 0. The van der Waals surface area contributed by atoms with Crippen molar-refractivity contribution in [2.24, 2.45) is 0 Å². The molecule has 0 aliphatic rings. The quantitative estimate of drug-likeness (QED) is 0.541. The Balaban J connectivity index is 1.94.